The van der Waals surface area contributed by atoms with Crippen molar-refractivity contribution in [2.45, 2.75) is 13.8 Å². The van der Waals surface area contributed by atoms with Crippen molar-refractivity contribution in [3.8, 4) is 11.4 Å². The third-order valence-electron chi connectivity index (χ3n) is 3.95. The number of anilines is 2. The van der Waals surface area contributed by atoms with E-state index in [2.05, 4.69) is 33.4 Å². The molecule has 25 heavy (non-hydrogen) atoms. The lowest BCUT2D eigenvalue weighted by atomic mass is 10.2. The summed E-state index contributed by atoms with van der Waals surface area (Å²) in [4.78, 5) is 9.04. The van der Waals surface area contributed by atoms with Gasteiger partial charge < -0.3 is 5.32 Å². The number of hydrogen-bond acceptors (Lipinski definition) is 4. The van der Waals surface area contributed by atoms with Crippen LogP contribution in [-0.2, 0) is 0 Å². The topological polar surface area (TPSA) is 55.1 Å². The maximum Gasteiger partial charge on any atom is 0.254 e. The predicted molar refractivity (Wildman–Crippen MR) is 100 cm³/mol. The normalized spacial score (nSPS) is 11.0. The maximum atomic E-state index is 5.96. The average Bonchev–Trinajstić information content (AvgIpc) is 3.01. The van der Waals surface area contributed by atoms with Gasteiger partial charge in [0.25, 0.3) is 5.78 Å². The lowest BCUT2D eigenvalue weighted by Crippen LogP contribution is -2.03. The second kappa shape index (κ2) is 6.18. The molecule has 0 unspecified atom stereocenters. The van der Waals surface area contributed by atoms with E-state index in [4.69, 9.17) is 11.6 Å². The Morgan fingerprint density at radius 2 is 1.72 bits per heavy atom. The largest absolute Gasteiger partial charge is 0.340 e. The first-order chi connectivity index (χ1) is 12.1. The number of rotatable bonds is 3. The number of nitrogens with one attached hydrogen (secondary N) is 1. The molecule has 4 aromatic rings. The average molecular weight is 350 g/mol. The van der Waals surface area contributed by atoms with Crippen molar-refractivity contribution in [3.63, 3.8) is 0 Å². The van der Waals surface area contributed by atoms with Crippen LogP contribution in [-0.4, -0.2) is 19.6 Å². The quantitative estimate of drug-likeness (QED) is 0.577. The highest BCUT2D eigenvalue weighted by molar-refractivity contribution is 6.30. The number of aromatic nitrogens is 4. The number of halogens is 1. The Morgan fingerprint density at radius 1 is 0.960 bits per heavy atom. The van der Waals surface area contributed by atoms with Crippen molar-refractivity contribution in [1.82, 2.24) is 19.6 Å². The summed E-state index contributed by atoms with van der Waals surface area (Å²) in [5.74, 6) is 1.99. The van der Waals surface area contributed by atoms with E-state index in [1.165, 1.54) is 0 Å². The summed E-state index contributed by atoms with van der Waals surface area (Å²) in [6.45, 7) is 4.01. The van der Waals surface area contributed by atoms with E-state index < -0.39 is 0 Å². The molecule has 5 nitrogen and oxygen atoms in total. The number of hydrogen-bond donors (Lipinski definition) is 1. The Balaban J connectivity index is 1.82. The Morgan fingerprint density at radius 3 is 2.48 bits per heavy atom. The zero-order valence-corrected chi connectivity index (χ0v) is 14.6. The van der Waals surface area contributed by atoms with Crippen LogP contribution in [0.25, 0.3) is 17.2 Å². The van der Waals surface area contributed by atoms with Crippen molar-refractivity contribution in [3.05, 3.63) is 70.9 Å². The minimum Gasteiger partial charge on any atom is -0.340 e. The summed E-state index contributed by atoms with van der Waals surface area (Å²) in [6, 6.07) is 17.5. The van der Waals surface area contributed by atoms with Gasteiger partial charge in [-0.3, -0.25) is 0 Å². The predicted octanol–water partition coefficient (Wildman–Crippen LogP) is 4.81. The third-order valence-corrected chi connectivity index (χ3v) is 4.20. The van der Waals surface area contributed by atoms with Crippen LogP contribution in [0.5, 0.6) is 0 Å². The van der Waals surface area contributed by atoms with Crippen LogP contribution in [0.4, 0.5) is 11.5 Å². The lowest BCUT2D eigenvalue weighted by molar-refractivity contribution is 0.940. The van der Waals surface area contributed by atoms with Crippen molar-refractivity contribution in [1.29, 1.82) is 0 Å². The molecular weight excluding hydrogens is 334 g/mol. The highest BCUT2D eigenvalue weighted by Crippen LogP contribution is 2.23. The molecule has 0 aliphatic carbocycles. The summed E-state index contributed by atoms with van der Waals surface area (Å²) < 4.78 is 1.73. The Labute approximate surface area is 150 Å². The van der Waals surface area contributed by atoms with E-state index >= 15 is 0 Å². The van der Waals surface area contributed by atoms with Crippen molar-refractivity contribution in [2.75, 3.05) is 5.32 Å². The molecule has 124 valence electrons. The van der Waals surface area contributed by atoms with Gasteiger partial charge in [0.1, 0.15) is 5.82 Å². The molecule has 0 aliphatic rings. The number of para-hydroxylation sites is 1. The molecule has 0 spiro atoms. The third kappa shape index (κ3) is 3.06. The summed E-state index contributed by atoms with van der Waals surface area (Å²) in [5, 5.41) is 8.73. The standard InChI is InChI=1S/C19H16ClN5/c1-12-5-3-4-6-16(12)22-17-11-13(2)21-19-23-18(24-25(17)19)14-7-9-15(20)10-8-14/h3-11,22H,1-2H3. The van der Waals surface area contributed by atoms with Gasteiger partial charge >= 0.3 is 0 Å². The van der Waals surface area contributed by atoms with E-state index in [0.29, 0.717) is 16.6 Å². The molecule has 0 radical (unpaired) electrons. The molecule has 0 saturated heterocycles. The van der Waals surface area contributed by atoms with Crippen molar-refractivity contribution < 1.29 is 0 Å². The molecule has 6 heteroatoms. The van der Waals surface area contributed by atoms with E-state index in [0.717, 1.165) is 28.3 Å². The van der Waals surface area contributed by atoms with Crippen LogP contribution >= 0.6 is 11.6 Å². The number of benzene rings is 2. The highest BCUT2D eigenvalue weighted by atomic mass is 35.5. The summed E-state index contributed by atoms with van der Waals surface area (Å²) >= 11 is 5.96. The molecule has 0 bridgehead atoms. The molecule has 2 heterocycles. The van der Waals surface area contributed by atoms with Gasteiger partial charge in [-0.15, -0.1) is 5.10 Å². The molecular formula is C19H16ClN5. The van der Waals surface area contributed by atoms with Crippen LogP contribution < -0.4 is 5.32 Å². The monoisotopic (exact) mass is 349 g/mol. The summed E-state index contributed by atoms with van der Waals surface area (Å²) in [6.07, 6.45) is 0. The zero-order chi connectivity index (χ0) is 17.4. The first-order valence-corrected chi connectivity index (χ1v) is 8.31. The molecule has 1 N–H and O–H groups in total. The lowest BCUT2D eigenvalue weighted by Gasteiger charge is -2.10. The van der Waals surface area contributed by atoms with Gasteiger partial charge in [0.2, 0.25) is 0 Å². The fourth-order valence-electron chi connectivity index (χ4n) is 2.65. The van der Waals surface area contributed by atoms with E-state index in [1.807, 2.05) is 55.5 Å². The summed E-state index contributed by atoms with van der Waals surface area (Å²) in [7, 11) is 0. The fraction of sp³-hybridized carbons (Fsp3) is 0.105. The van der Waals surface area contributed by atoms with Crippen molar-refractivity contribution in [2.24, 2.45) is 0 Å². The highest BCUT2D eigenvalue weighted by Gasteiger charge is 2.12. The SMILES string of the molecule is Cc1cc(Nc2ccccc2C)n2nc(-c3ccc(Cl)cc3)nc2n1. The molecule has 0 saturated carbocycles. The first-order valence-electron chi connectivity index (χ1n) is 7.93. The molecule has 0 atom stereocenters. The molecule has 0 aliphatic heterocycles. The van der Waals surface area contributed by atoms with Crippen LogP contribution in [0.1, 0.15) is 11.3 Å². The number of fused-ring (bicyclic) bond motifs is 1. The Bertz CT molecular complexity index is 1050. The minimum atomic E-state index is 0.557. The van der Waals surface area contributed by atoms with E-state index in [1.54, 1.807) is 4.52 Å². The fourth-order valence-corrected chi connectivity index (χ4v) is 2.77. The van der Waals surface area contributed by atoms with Gasteiger partial charge in [0, 0.05) is 28.0 Å². The molecule has 2 aromatic heterocycles. The molecule has 0 amide bonds. The van der Waals surface area contributed by atoms with Gasteiger partial charge in [-0.25, -0.2) is 4.98 Å². The van der Waals surface area contributed by atoms with Crippen molar-refractivity contribution >= 4 is 28.9 Å². The van der Waals surface area contributed by atoms with E-state index in [-0.39, 0.29) is 0 Å². The number of aryl methyl sites for hydroxylation is 2. The van der Waals surface area contributed by atoms with Gasteiger partial charge in [0.05, 0.1) is 0 Å². The van der Waals surface area contributed by atoms with Crippen LogP contribution in [0.3, 0.4) is 0 Å². The van der Waals surface area contributed by atoms with Crippen LogP contribution in [0.2, 0.25) is 5.02 Å². The number of nitrogens with zero attached hydrogens (tertiary/aromatic N) is 4. The van der Waals surface area contributed by atoms with E-state index in [9.17, 15) is 0 Å². The van der Waals surface area contributed by atoms with Crippen LogP contribution in [0.15, 0.2) is 54.6 Å². The smallest absolute Gasteiger partial charge is 0.254 e. The summed E-state index contributed by atoms with van der Waals surface area (Å²) in [5.41, 5.74) is 3.95. The van der Waals surface area contributed by atoms with Gasteiger partial charge in [-0.2, -0.15) is 9.50 Å². The Hall–Kier alpha value is -2.92. The maximum absolute atomic E-state index is 5.96. The van der Waals surface area contributed by atoms with Crippen LogP contribution in [0, 0.1) is 13.8 Å². The minimum absolute atomic E-state index is 0.557. The Kier molecular flexibility index (Phi) is 3.86. The first kappa shape index (κ1) is 15.6. The molecule has 2 aromatic carbocycles. The second-order valence-electron chi connectivity index (χ2n) is 5.88. The van der Waals surface area contributed by atoms with Gasteiger partial charge in [-0.05, 0) is 49.7 Å². The molecule has 0 fully saturated rings. The zero-order valence-electron chi connectivity index (χ0n) is 13.9. The molecule has 4 rings (SSSR count). The van der Waals surface area contributed by atoms with Gasteiger partial charge in [0.15, 0.2) is 5.82 Å². The second-order valence-corrected chi connectivity index (χ2v) is 6.31. The van der Waals surface area contributed by atoms with Gasteiger partial charge in [-0.1, -0.05) is 29.8 Å².